The number of benzene rings is 1. The van der Waals surface area contributed by atoms with Gasteiger partial charge in [-0.05, 0) is 30.4 Å². The van der Waals surface area contributed by atoms with E-state index in [0.717, 1.165) is 17.9 Å². The van der Waals surface area contributed by atoms with Gasteiger partial charge in [-0.25, -0.2) is 0 Å². The van der Waals surface area contributed by atoms with Crippen molar-refractivity contribution in [2.24, 2.45) is 4.99 Å². The van der Waals surface area contributed by atoms with Crippen molar-refractivity contribution in [1.82, 2.24) is 10.6 Å². The molecule has 0 aliphatic rings. The van der Waals surface area contributed by atoms with E-state index in [-0.39, 0.29) is 5.75 Å². The third-order valence-corrected chi connectivity index (χ3v) is 3.30. The summed E-state index contributed by atoms with van der Waals surface area (Å²) in [6.45, 7) is 1.46. The number of hydrogen-bond donors (Lipinski definition) is 2. The lowest BCUT2D eigenvalue weighted by Crippen LogP contribution is -2.39. The van der Waals surface area contributed by atoms with Gasteiger partial charge in [-0.2, -0.15) is 11.8 Å². The number of nitrogens with zero attached hydrogens (tertiary/aromatic N) is 1. The molecule has 0 atom stereocenters. The second-order valence-corrected chi connectivity index (χ2v) is 5.35. The van der Waals surface area contributed by atoms with Crippen molar-refractivity contribution in [3.8, 4) is 5.75 Å². The smallest absolute Gasteiger partial charge is 0.406 e. The van der Waals surface area contributed by atoms with E-state index in [4.69, 9.17) is 0 Å². The van der Waals surface area contributed by atoms with Crippen LogP contribution in [0.2, 0.25) is 0 Å². The molecule has 8 heteroatoms. The van der Waals surface area contributed by atoms with Crippen LogP contribution < -0.4 is 15.4 Å². The molecule has 1 aromatic rings. The van der Waals surface area contributed by atoms with Crippen molar-refractivity contribution in [3.05, 3.63) is 29.8 Å². The molecule has 0 aliphatic heterocycles. The van der Waals surface area contributed by atoms with E-state index < -0.39 is 6.36 Å². The molecule has 22 heavy (non-hydrogen) atoms. The van der Waals surface area contributed by atoms with Gasteiger partial charge in [0, 0.05) is 25.9 Å². The minimum absolute atomic E-state index is 0.209. The number of nitrogens with one attached hydrogen (secondary N) is 2. The van der Waals surface area contributed by atoms with E-state index in [0.29, 0.717) is 18.9 Å². The van der Waals surface area contributed by atoms with E-state index in [2.05, 4.69) is 20.4 Å². The largest absolute Gasteiger partial charge is 0.573 e. The van der Waals surface area contributed by atoms with E-state index in [1.807, 2.05) is 6.26 Å². The van der Waals surface area contributed by atoms with Crippen LogP contribution in [-0.2, 0) is 6.42 Å². The van der Waals surface area contributed by atoms with Gasteiger partial charge in [0.05, 0.1) is 0 Å². The number of alkyl halides is 3. The number of aliphatic imine (C=N–C) groups is 1. The number of rotatable bonds is 7. The fraction of sp³-hybridized carbons (Fsp3) is 0.500. The summed E-state index contributed by atoms with van der Waals surface area (Å²) in [5.41, 5.74) is 0.918. The molecule has 0 aliphatic carbocycles. The molecule has 124 valence electrons. The Bertz CT molecular complexity index is 463. The molecule has 2 N–H and O–H groups in total. The molecule has 0 saturated heterocycles. The van der Waals surface area contributed by atoms with Crippen molar-refractivity contribution < 1.29 is 17.9 Å². The summed E-state index contributed by atoms with van der Waals surface area (Å²) >= 11 is 1.74. The number of guanidine groups is 1. The highest BCUT2D eigenvalue weighted by Crippen LogP contribution is 2.22. The zero-order chi connectivity index (χ0) is 16.4. The molecular weight excluding hydrogens is 315 g/mol. The Balaban J connectivity index is 2.35. The molecule has 0 heterocycles. The standard InChI is InChI=1S/C14H20F3N3OS/c1-18-13(20-9-10-22-2)19-8-7-11-3-5-12(6-4-11)21-14(15,16)17/h3-6H,7-10H2,1-2H3,(H2,18,19,20). The van der Waals surface area contributed by atoms with Crippen LogP contribution in [0.3, 0.4) is 0 Å². The molecule has 0 aromatic heterocycles. The van der Waals surface area contributed by atoms with Crippen LogP contribution in [0.1, 0.15) is 5.56 Å². The molecule has 4 nitrogen and oxygen atoms in total. The highest BCUT2D eigenvalue weighted by Gasteiger charge is 2.30. The second kappa shape index (κ2) is 9.45. The topological polar surface area (TPSA) is 45.7 Å². The van der Waals surface area contributed by atoms with Crippen LogP contribution in [0.25, 0.3) is 0 Å². The first kappa shape index (κ1) is 18.5. The van der Waals surface area contributed by atoms with Crippen LogP contribution in [0, 0.1) is 0 Å². The Kier molecular flexibility index (Phi) is 7.94. The lowest BCUT2D eigenvalue weighted by Gasteiger charge is -2.12. The Morgan fingerprint density at radius 2 is 1.82 bits per heavy atom. The maximum Gasteiger partial charge on any atom is 0.573 e. The zero-order valence-electron chi connectivity index (χ0n) is 12.5. The van der Waals surface area contributed by atoms with Crippen LogP contribution in [0.5, 0.6) is 5.75 Å². The van der Waals surface area contributed by atoms with E-state index in [1.54, 1.807) is 30.9 Å². The minimum Gasteiger partial charge on any atom is -0.406 e. The molecule has 1 rings (SSSR count). The lowest BCUT2D eigenvalue weighted by molar-refractivity contribution is -0.274. The average molecular weight is 335 g/mol. The predicted octanol–water partition coefficient (Wildman–Crippen LogP) is 2.66. The maximum atomic E-state index is 12.0. The minimum atomic E-state index is -4.65. The van der Waals surface area contributed by atoms with Gasteiger partial charge < -0.3 is 15.4 Å². The van der Waals surface area contributed by atoms with Crippen LogP contribution in [0.15, 0.2) is 29.3 Å². The number of hydrogen-bond acceptors (Lipinski definition) is 3. The summed E-state index contributed by atoms with van der Waals surface area (Å²) in [6, 6.07) is 5.86. The molecule has 0 unspecified atom stereocenters. The molecular formula is C14H20F3N3OS. The summed E-state index contributed by atoms with van der Waals surface area (Å²) in [5, 5.41) is 6.31. The highest BCUT2D eigenvalue weighted by molar-refractivity contribution is 7.98. The van der Waals surface area contributed by atoms with Gasteiger partial charge in [-0.15, -0.1) is 13.2 Å². The monoisotopic (exact) mass is 335 g/mol. The molecule has 0 amide bonds. The number of thioether (sulfide) groups is 1. The van der Waals surface area contributed by atoms with E-state index in [9.17, 15) is 13.2 Å². The van der Waals surface area contributed by atoms with E-state index >= 15 is 0 Å². The Morgan fingerprint density at radius 1 is 1.18 bits per heavy atom. The molecule has 0 bridgehead atoms. The maximum absolute atomic E-state index is 12.0. The number of ether oxygens (including phenoxy) is 1. The van der Waals surface area contributed by atoms with Crippen molar-refractivity contribution >= 4 is 17.7 Å². The zero-order valence-corrected chi connectivity index (χ0v) is 13.4. The second-order valence-electron chi connectivity index (χ2n) is 4.36. The normalized spacial score (nSPS) is 12.1. The summed E-state index contributed by atoms with van der Waals surface area (Å²) in [7, 11) is 1.69. The van der Waals surface area contributed by atoms with Gasteiger partial charge in [-0.1, -0.05) is 12.1 Å². The summed E-state index contributed by atoms with van der Waals surface area (Å²) in [5.74, 6) is 1.49. The quantitative estimate of drug-likeness (QED) is 0.457. The van der Waals surface area contributed by atoms with Gasteiger partial charge in [0.1, 0.15) is 5.75 Å². The van der Waals surface area contributed by atoms with Crippen LogP contribution >= 0.6 is 11.8 Å². The summed E-state index contributed by atoms with van der Waals surface area (Å²) in [4.78, 5) is 4.09. The van der Waals surface area contributed by atoms with Crippen molar-refractivity contribution in [1.29, 1.82) is 0 Å². The first-order valence-corrected chi connectivity index (χ1v) is 8.12. The molecule has 0 spiro atoms. The lowest BCUT2D eigenvalue weighted by atomic mass is 10.1. The first-order valence-electron chi connectivity index (χ1n) is 6.72. The fourth-order valence-corrected chi connectivity index (χ4v) is 1.98. The third kappa shape index (κ3) is 8.02. The van der Waals surface area contributed by atoms with Gasteiger partial charge in [0.25, 0.3) is 0 Å². The van der Waals surface area contributed by atoms with Gasteiger partial charge in [0.15, 0.2) is 5.96 Å². The number of halogens is 3. The molecule has 0 fully saturated rings. The van der Waals surface area contributed by atoms with Crippen molar-refractivity contribution in [2.45, 2.75) is 12.8 Å². The van der Waals surface area contributed by atoms with Gasteiger partial charge in [-0.3, -0.25) is 4.99 Å². The van der Waals surface area contributed by atoms with E-state index in [1.165, 1.54) is 12.1 Å². The highest BCUT2D eigenvalue weighted by atomic mass is 32.2. The molecule has 1 aromatic carbocycles. The third-order valence-electron chi connectivity index (χ3n) is 2.69. The van der Waals surface area contributed by atoms with Crippen LogP contribution in [-0.4, -0.2) is 44.5 Å². The van der Waals surface area contributed by atoms with Crippen molar-refractivity contribution in [2.75, 3.05) is 32.1 Å². The Labute approximate surface area is 132 Å². The fourth-order valence-electron chi connectivity index (χ4n) is 1.68. The van der Waals surface area contributed by atoms with Gasteiger partial charge >= 0.3 is 6.36 Å². The molecule has 0 saturated carbocycles. The summed E-state index contributed by atoms with van der Waals surface area (Å²) in [6.07, 6.45) is -1.95. The molecule has 0 radical (unpaired) electrons. The SMILES string of the molecule is CN=C(NCCSC)NCCc1ccc(OC(F)(F)F)cc1. The van der Waals surface area contributed by atoms with Gasteiger partial charge in [0.2, 0.25) is 0 Å². The summed E-state index contributed by atoms with van der Waals surface area (Å²) < 4.78 is 40.0. The Hall–Kier alpha value is -1.57. The van der Waals surface area contributed by atoms with Crippen LogP contribution in [0.4, 0.5) is 13.2 Å². The average Bonchev–Trinajstić information content (AvgIpc) is 2.46. The first-order chi connectivity index (χ1) is 10.4. The van der Waals surface area contributed by atoms with Crippen molar-refractivity contribution in [3.63, 3.8) is 0 Å². The Morgan fingerprint density at radius 3 is 2.36 bits per heavy atom. The predicted molar refractivity (Wildman–Crippen MR) is 84.6 cm³/mol.